The lowest BCUT2D eigenvalue weighted by Gasteiger charge is -2.36. The van der Waals surface area contributed by atoms with Crippen LogP contribution in [0.1, 0.15) is 125 Å². The van der Waals surface area contributed by atoms with Crippen molar-refractivity contribution in [2.75, 3.05) is 56.4 Å². The molecule has 1 aromatic heterocycles. The molecule has 1 atom stereocenters. The zero-order valence-corrected chi connectivity index (χ0v) is 39.7. The van der Waals surface area contributed by atoms with Gasteiger partial charge in [0.15, 0.2) is 0 Å². The van der Waals surface area contributed by atoms with Crippen molar-refractivity contribution in [3.8, 4) is 0 Å². The fourth-order valence-electron chi connectivity index (χ4n) is 8.75. The number of amides is 6. The number of aromatic amines is 1. The van der Waals surface area contributed by atoms with Crippen LogP contribution < -0.4 is 37.9 Å². The highest BCUT2D eigenvalue weighted by Crippen LogP contribution is 2.33. The maximum Gasteiger partial charge on any atom is 0.264 e. The van der Waals surface area contributed by atoms with Crippen LogP contribution in [-0.2, 0) is 20.9 Å². The van der Waals surface area contributed by atoms with Gasteiger partial charge in [-0.1, -0.05) is 25.0 Å². The zero-order valence-electron chi connectivity index (χ0n) is 39.7. The Morgan fingerprint density at radius 3 is 2.37 bits per heavy atom. The van der Waals surface area contributed by atoms with Crippen LogP contribution in [0.25, 0.3) is 5.57 Å². The molecule has 9 N–H and O–H groups in total. The first-order valence-corrected chi connectivity index (χ1v) is 23.5. The van der Waals surface area contributed by atoms with Gasteiger partial charge in [-0.05, 0) is 107 Å². The maximum atomic E-state index is 13.6. The fraction of sp³-hybridized carbons (Fsp3) is 0.440. The van der Waals surface area contributed by atoms with E-state index in [0.717, 1.165) is 85.7 Å². The van der Waals surface area contributed by atoms with Gasteiger partial charge in [-0.15, -0.1) is 0 Å². The van der Waals surface area contributed by atoms with Crippen molar-refractivity contribution in [1.82, 2.24) is 35.6 Å². The molecule has 2 aromatic carbocycles. The molecule has 3 aliphatic heterocycles. The molecule has 6 amide bonds. The van der Waals surface area contributed by atoms with Crippen molar-refractivity contribution in [3.63, 3.8) is 0 Å². The van der Waals surface area contributed by atoms with Gasteiger partial charge in [-0.2, -0.15) is 0 Å². The maximum absolute atomic E-state index is 13.6. The third-order valence-electron chi connectivity index (χ3n) is 12.5. The van der Waals surface area contributed by atoms with Gasteiger partial charge in [-0.3, -0.25) is 48.7 Å². The number of imide groups is 2. The van der Waals surface area contributed by atoms with Crippen LogP contribution in [-0.4, -0.2) is 119 Å². The number of hydrogen-bond donors (Lipinski definition) is 8. The number of fused-ring (bicyclic) bond motifs is 1. The van der Waals surface area contributed by atoms with E-state index >= 15 is 0 Å². The Morgan fingerprint density at radius 2 is 1.66 bits per heavy atom. The molecule has 68 heavy (non-hydrogen) atoms. The number of benzene rings is 2. The lowest BCUT2D eigenvalue weighted by molar-refractivity contribution is -0.136. The molecule has 0 radical (unpaired) electrons. The first kappa shape index (κ1) is 50.3. The van der Waals surface area contributed by atoms with Gasteiger partial charge in [0.1, 0.15) is 6.04 Å². The van der Waals surface area contributed by atoms with Crippen LogP contribution in [0.3, 0.4) is 0 Å². The summed E-state index contributed by atoms with van der Waals surface area (Å²) in [6, 6.07) is 9.59. The Balaban J connectivity index is 0.899. The van der Waals surface area contributed by atoms with Crippen molar-refractivity contribution >= 4 is 58.6 Å². The number of carbonyl (C=O) groups excluding carboxylic acids is 6. The van der Waals surface area contributed by atoms with Crippen molar-refractivity contribution < 1.29 is 28.8 Å². The summed E-state index contributed by atoms with van der Waals surface area (Å²) in [6.45, 7) is 14.5. The summed E-state index contributed by atoms with van der Waals surface area (Å²) in [7, 11) is 0. The van der Waals surface area contributed by atoms with Crippen molar-refractivity contribution in [1.29, 1.82) is 5.41 Å². The van der Waals surface area contributed by atoms with Gasteiger partial charge < -0.3 is 42.3 Å². The summed E-state index contributed by atoms with van der Waals surface area (Å²) in [5.41, 5.74) is 12.4. The van der Waals surface area contributed by atoms with E-state index in [0.29, 0.717) is 53.4 Å². The average molecular weight is 932 g/mol. The Labute approximate surface area is 397 Å². The van der Waals surface area contributed by atoms with Crippen LogP contribution in [0.4, 0.5) is 11.4 Å². The molecular formula is C50H65N11O7. The molecule has 0 saturated carbocycles. The molecule has 0 aliphatic carbocycles. The summed E-state index contributed by atoms with van der Waals surface area (Å²) >= 11 is 0. The predicted octanol–water partition coefficient (Wildman–Crippen LogP) is 4.14. The molecule has 362 valence electrons. The van der Waals surface area contributed by atoms with Crippen LogP contribution >= 0.6 is 0 Å². The molecule has 18 heteroatoms. The van der Waals surface area contributed by atoms with Gasteiger partial charge in [0, 0.05) is 106 Å². The number of rotatable bonds is 21. The van der Waals surface area contributed by atoms with E-state index in [-0.39, 0.29) is 48.0 Å². The third kappa shape index (κ3) is 12.5. The molecule has 3 aromatic rings. The zero-order chi connectivity index (χ0) is 49.1. The van der Waals surface area contributed by atoms with E-state index in [2.05, 4.69) is 41.4 Å². The lowest BCUT2D eigenvalue weighted by atomic mass is 9.96. The number of nitrogens with one attached hydrogen (secondary N) is 7. The summed E-state index contributed by atoms with van der Waals surface area (Å²) in [5.74, 6) is -1.90. The topological polar surface area (TPSA) is 255 Å². The second kappa shape index (κ2) is 23.1. The first-order valence-electron chi connectivity index (χ1n) is 23.5. The number of piperazine rings is 1. The van der Waals surface area contributed by atoms with Gasteiger partial charge in [0.05, 0.1) is 22.5 Å². The molecule has 6 rings (SSSR count). The lowest BCUT2D eigenvalue weighted by Crippen LogP contribution is -2.54. The van der Waals surface area contributed by atoms with E-state index in [1.165, 1.54) is 6.21 Å². The minimum atomic E-state index is -1.01. The van der Waals surface area contributed by atoms with Crippen LogP contribution in [0, 0.1) is 19.3 Å². The first-order chi connectivity index (χ1) is 32.6. The Morgan fingerprint density at radius 1 is 0.912 bits per heavy atom. The van der Waals surface area contributed by atoms with Gasteiger partial charge in [-0.25, -0.2) is 0 Å². The number of aryl methyl sites for hydroxylation is 2. The number of piperidine rings is 1. The number of unbranched alkanes of at least 4 members (excludes halogenated alkanes) is 3. The Bertz CT molecular complexity index is 2560. The number of nitrogens with zero attached hydrogens (tertiary/aromatic N) is 3. The molecule has 0 bridgehead atoms. The van der Waals surface area contributed by atoms with E-state index < -0.39 is 35.6 Å². The van der Waals surface area contributed by atoms with E-state index in [1.807, 2.05) is 58.9 Å². The van der Waals surface area contributed by atoms with Gasteiger partial charge in [0.25, 0.3) is 23.3 Å². The summed E-state index contributed by atoms with van der Waals surface area (Å²) in [4.78, 5) is 97.5. The smallest absolute Gasteiger partial charge is 0.264 e. The number of allylic oxidation sites excluding steroid dienone is 3. The number of hydrogen-bond acceptors (Lipinski definition) is 13. The number of carbonyl (C=O) groups is 6. The SMILES string of the molecule is C/C(=C\C=C(/N)N1CCN(CCNC(=O)CCCCCCNc2cccc3c2C(=O)N(C2CCC(=O)NC2=O)C3=O)CC1)c1cc(NC(C)C)c(C=N)c(C(=O)NCc2c(C)cc(C)[nH]c2=O)c1. The molecule has 2 fully saturated rings. The molecule has 1 unspecified atom stereocenters. The quantitative estimate of drug-likeness (QED) is 0.0325. The molecule has 2 saturated heterocycles. The van der Waals surface area contributed by atoms with Crippen molar-refractivity contribution in [2.45, 2.75) is 98.2 Å². The third-order valence-corrected chi connectivity index (χ3v) is 12.5. The molecule has 3 aliphatic rings. The monoisotopic (exact) mass is 932 g/mol. The van der Waals surface area contributed by atoms with Crippen LogP contribution in [0.15, 0.2) is 59.2 Å². The van der Waals surface area contributed by atoms with E-state index in [1.54, 1.807) is 24.3 Å². The normalized spacial score (nSPS) is 16.8. The van der Waals surface area contributed by atoms with Gasteiger partial charge >= 0.3 is 0 Å². The van der Waals surface area contributed by atoms with Gasteiger partial charge in [0.2, 0.25) is 17.7 Å². The standard InChI is InChI=1S/C50H65N11O7/c1-30(2)56-40-27-34(26-36(37(40)28-51)46(64)55-29-38-32(4)25-33(5)57-47(38)65)31(3)14-16-42(52)60-23-21-59(22-24-60)20-19-54-43(62)13-8-6-7-9-18-53-39-12-10-11-35-45(39)50(68)61(49(35)67)41-15-17-44(63)58-48(41)66/h10-12,14,16,25-28,30,41,51,53,56H,6-9,13,15,17-24,29,52H2,1-5H3,(H,54,62)(H,55,64)(H,57,65)(H,58,63,66)/b31-14+,42-16+,51-28?. The van der Waals surface area contributed by atoms with E-state index in [9.17, 15) is 33.6 Å². The number of H-pyrrole nitrogens is 1. The minimum Gasteiger partial charge on any atom is -0.385 e. The van der Waals surface area contributed by atoms with Crippen molar-refractivity contribution in [2.24, 2.45) is 5.73 Å². The largest absolute Gasteiger partial charge is 0.385 e. The number of aromatic nitrogens is 1. The van der Waals surface area contributed by atoms with Crippen LogP contribution in [0.2, 0.25) is 0 Å². The number of pyridine rings is 1. The van der Waals surface area contributed by atoms with Crippen molar-refractivity contribution in [3.05, 3.63) is 109 Å². The van der Waals surface area contributed by atoms with Crippen LogP contribution in [0.5, 0.6) is 0 Å². The summed E-state index contributed by atoms with van der Waals surface area (Å²) in [5, 5.41) is 23.0. The Kier molecular flexibility index (Phi) is 17.1. The highest BCUT2D eigenvalue weighted by molar-refractivity contribution is 6.25. The summed E-state index contributed by atoms with van der Waals surface area (Å²) < 4.78 is 0. The molecule has 18 nitrogen and oxygen atoms in total. The highest BCUT2D eigenvalue weighted by Gasteiger charge is 2.45. The Hall–Kier alpha value is -7.08. The average Bonchev–Trinajstić information content (AvgIpc) is 3.55. The second-order valence-corrected chi connectivity index (χ2v) is 17.9. The minimum absolute atomic E-state index is 0.0148. The van der Waals surface area contributed by atoms with E-state index in [4.69, 9.17) is 11.1 Å². The highest BCUT2D eigenvalue weighted by atomic mass is 16.2. The number of anilines is 2. The molecule has 0 spiro atoms. The predicted molar refractivity (Wildman–Crippen MR) is 262 cm³/mol. The molecular weight excluding hydrogens is 867 g/mol. The summed E-state index contributed by atoms with van der Waals surface area (Å²) in [6.07, 6.45) is 8.84. The second-order valence-electron chi connectivity index (χ2n) is 17.9. The fourth-order valence-corrected chi connectivity index (χ4v) is 8.75. The number of nitrogens with two attached hydrogens (primary N) is 1. The molecule has 4 heterocycles.